The number of halogens is 2. The number of benzene rings is 1. The van der Waals surface area contributed by atoms with Gasteiger partial charge in [0, 0.05) is 19.5 Å². The van der Waals surface area contributed by atoms with Crippen LogP contribution >= 0.6 is 0 Å². The Labute approximate surface area is 145 Å². The van der Waals surface area contributed by atoms with Crippen LogP contribution in [0.25, 0.3) is 5.69 Å². The van der Waals surface area contributed by atoms with Crippen LogP contribution < -0.4 is 4.74 Å². The van der Waals surface area contributed by atoms with Gasteiger partial charge >= 0.3 is 0 Å². The summed E-state index contributed by atoms with van der Waals surface area (Å²) in [6.45, 7) is 2.74. The predicted octanol–water partition coefficient (Wildman–Crippen LogP) is 3.17. The van der Waals surface area contributed by atoms with Crippen LogP contribution in [0.2, 0.25) is 0 Å². The number of hydrogen-bond acceptors (Lipinski definition) is 3. The number of alkyl halides is 2. The van der Waals surface area contributed by atoms with E-state index in [9.17, 15) is 13.6 Å². The average molecular weight is 349 g/mol. The molecule has 0 aliphatic carbocycles. The molecule has 2 heterocycles. The second-order valence-corrected chi connectivity index (χ2v) is 6.17. The van der Waals surface area contributed by atoms with E-state index in [1.165, 1.54) is 0 Å². The van der Waals surface area contributed by atoms with Crippen molar-refractivity contribution in [3.63, 3.8) is 0 Å². The summed E-state index contributed by atoms with van der Waals surface area (Å²) < 4.78 is 31.7. The number of amides is 1. The van der Waals surface area contributed by atoms with Crippen LogP contribution in [0.3, 0.4) is 0 Å². The van der Waals surface area contributed by atoms with Gasteiger partial charge in [0.2, 0.25) is 6.43 Å². The van der Waals surface area contributed by atoms with E-state index < -0.39 is 6.43 Å². The van der Waals surface area contributed by atoms with Crippen LogP contribution in [0, 0.1) is 5.92 Å². The van der Waals surface area contributed by atoms with Crippen molar-refractivity contribution in [2.45, 2.75) is 26.2 Å². The van der Waals surface area contributed by atoms with Crippen molar-refractivity contribution in [3.05, 3.63) is 41.7 Å². The summed E-state index contributed by atoms with van der Waals surface area (Å²) in [5.41, 5.74) is 2.19. The number of carbonyl (C=O) groups excluding carboxylic acids is 1. The Balaban J connectivity index is 1.77. The largest absolute Gasteiger partial charge is 0.497 e. The molecule has 1 aromatic heterocycles. The first kappa shape index (κ1) is 17.4. The summed E-state index contributed by atoms with van der Waals surface area (Å²) in [5, 5.41) is 4.35. The molecule has 25 heavy (non-hydrogen) atoms. The third-order valence-electron chi connectivity index (χ3n) is 4.51. The Morgan fingerprint density at radius 3 is 2.56 bits per heavy atom. The Bertz CT molecular complexity index is 737. The van der Waals surface area contributed by atoms with Crippen LogP contribution in [0.15, 0.2) is 30.5 Å². The molecule has 134 valence electrons. The molecule has 7 heteroatoms. The van der Waals surface area contributed by atoms with Gasteiger partial charge < -0.3 is 9.64 Å². The lowest BCUT2D eigenvalue weighted by molar-refractivity contribution is 0.0279. The third-order valence-corrected chi connectivity index (χ3v) is 4.51. The Kier molecular flexibility index (Phi) is 5.01. The Hall–Kier alpha value is -2.44. The minimum Gasteiger partial charge on any atom is -0.497 e. The number of hydrogen-bond donors (Lipinski definition) is 0. The van der Waals surface area contributed by atoms with Gasteiger partial charge in [-0.05, 0) is 36.6 Å². The van der Waals surface area contributed by atoms with Gasteiger partial charge in [-0.3, -0.25) is 4.79 Å². The van der Waals surface area contributed by atoms with Gasteiger partial charge in [0.05, 0.1) is 30.3 Å². The molecule has 0 radical (unpaired) electrons. The van der Waals surface area contributed by atoms with Gasteiger partial charge in [0.1, 0.15) is 5.75 Å². The van der Waals surface area contributed by atoms with Crippen LogP contribution in [0.1, 0.15) is 29.4 Å². The molecule has 1 saturated heterocycles. The van der Waals surface area contributed by atoms with Crippen LogP contribution in [0.5, 0.6) is 5.75 Å². The minimum atomic E-state index is -2.31. The van der Waals surface area contributed by atoms with E-state index in [0.29, 0.717) is 25.1 Å². The van der Waals surface area contributed by atoms with E-state index in [2.05, 4.69) is 5.10 Å². The molecule has 1 aromatic carbocycles. The van der Waals surface area contributed by atoms with Gasteiger partial charge in [-0.1, -0.05) is 6.92 Å². The van der Waals surface area contributed by atoms with Crippen molar-refractivity contribution in [1.82, 2.24) is 14.7 Å². The van der Waals surface area contributed by atoms with Crippen LogP contribution in [-0.4, -0.2) is 47.2 Å². The quantitative estimate of drug-likeness (QED) is 0.805. The van der Waals surface area contributed by atoms with Crippen molar-refractivity contribution < 1.29 is 18.3 Å². The fourth-order valence-electron chi connectivity index (χ4n) is 3.15. The van der Waals surface area contributed by atoms with E-state index in [1.54, 1.807) is 22.9 Å². The molecule has 0 saturated carbocycles. The predicted molar refractivity (Wildman–Crippen MR) is 89.5 cm³/mol. The van der Waals surface area contributed by atoms with Gasteiger partial charge in [-0.25, -0.2) is 13.5 Å². The van der Waals surface area contributed by atoms with Crippen molar-refractivity contribution >= 4 is 5.91 Å². The molecule has 0 unspecified atom stereocenters. The molecule has 5 nitrogen and oxygen atoms in total. The maximum atomic E-state index is 12.6. The zero-order valence-electron chi connectivity index (χ0n) is 14.3. The smallest absolute Gasteiger partial charge is 0.257 e. The maximum Gasteiger partial charge on any atom is 0.257 e. The van der Waals surface area contributed by atoms with Crippen molar-refractivity contribution in [3.8, 4) is 11.4 Å². The molecular weight excluding hydrogens is 328 g/mol. The monoisotopic (exact) mass is 349 g/mol. The summed E-state index contributed by atoms with van der Waals surface area (Å²) in [4.78, 5) is 14.3. The number of carbonyl (C=O) groups is 1. The lowest BCUT2D eigenvalue weighted by Gasteiger charge is -2.39. The molecule has 0 spiro atoms. The van der Waals surface area contributed by atoms with Crippen LogP contribution in [-0.2, 0) is 6.42 Å². The molecule has 1 aliphatic rings. The molecular formula is C18H21F2N3O2. The fraction of sp³-hybridized carbons (Fsp3) is 0.444. The van der Waals surface area contributed by atoms with Crippen molar-refractivity contribution in [2.24, 2.45) is 5.92 Å². The van der Waals surface area contributed by atoms with Crippen molar-refractivity contribution in [1.29, 1.82) is 0 Å². The highest BCUT2D eigenvalue weighted by Gasteiger charge is 2.34. The second-order valence-electron chi connectivity index (χ2n) is 6.17. The van der Waals surface area contributed by atoms with Gasteiger partial charge in [-0.2, -0.15) is 5.10 Å². The first-order valence-corrected chi connectivity index (χ1v) is 8.32. The number of likely N-dealkylation sites (tertiary alicyclic amines) is 1. The molecule has 0 N–H and O–H groups in total. The highest BCUT2D eigenvalue weighted by Crippen LogP contribution is 2.26. The number of ether oxygens (including phenoxy) is 1. The average Bonchev–Trinajstić information content (AvgIpc) is 3.01. The third kappa shape index (κ3) is 3.50. The Morgan fingerprint density at radius 2 is 2.00 bits per heavy atom. The summed E-state index contributed by atoms with van der Waals surface area (Å²) in [6.07, 6.45) is -0.255. The molecule has 0 atom stereocenters. The molecule has 1 aliphatic heterocycles. The summed E-state index contributed by atoms with van der Waals surface area (Å²) in [6, 6.07) is 7.42. The summed E-state index contributed by atoms with van der Waals surface area (Å²) in [5.74, 6) is 0.503. The number of aromatic nitrogens is 2. The summed E-state index contributed by atoms with van der Waals surface area (Å²) in [7, 11) is 1.60. The lowest BCUT2D eigenvalue weighted by atomic mass is 9.95. The normalized spacial score (nSPS) is 14.7. The van der Waals surface area contributed by atoms with Gasteiger partial charge in [0.15, 0.2) is 0 Å². The standard InChI is InChI=1S/C18H21F2N3O2/c1-3-16-15(18(24)22-10-12(11-22)8-17(19)20)9-21-23(16)13-4-6-14(25-2)7-5-13/h4-7,9,12,17H,3,8,10-11H2,1-2H3. The molecule has 1 fully saturated rings. The first-order valence-electron chi connectivity index (χ1n) is 8.32. The molecule has 0 bridgehead atoms. The lowest BCUT2D eigenvalue weighted by Crippen LogP contribution is -2.50. The number of methoxy groups -OCH3 is 1. The van der Waals surface area contributed by atoms with E-state index in [1.807, 2.05) is 31.2 Å². The topological polar surface area (TPSA) is 47.4 Å². The number of nitrogens with zero attached hydrogens (tertiary/aromatic N) is 3. The Morgan fingerprint density at radius 1 is 1.32 bits per heavy atom. The first-order chi connectivity index (χ1) is 12.0. The zero-order valence-corrected chi connectivity index (χ0v) is 14.3. The molecule has 3 rings (SSSR count). The SMILES string of the molecule is CCc1c(C(=O)N2CC(CC(F)F)C2)cnn1-c1ccc(OC)cc1. The van der Waals surface area contributed by atoms with Crippen LogP contribution in [0.4, 0.5) is 8.78 Å². The highest BCUT2D eigenvalue weighted by molar-refractivity contribution is 5.95. The van der Waals surface area contributed by atoms with Gasteiger partial charge in [0.25, 0.3) is 5.91 Å². The van der Waals surface area contributed by atoms with Gasteiger partial charge in [-0.15, -0.1) is 0 Å². The van der Waals surface area contributed by atoms with E-state index in [0.717, 1.165) is 17.1 Å². The highest BCUT2D eigenvalue weighted by atomic mass is 19.3. The van der Waals surface area contributed by atoms with Crippen molar-refractivity contribution in [2.75, 3.05) is 20.2 Å². The van der Waals surface area contributed by atoms with E-state index in [4.69, 9.17) is 4.74 Å². The zero-order chi connectivity index (χ0) is 18.0. The van der Waals surface area contributed by atoms with E-state index in [-0.39, 0.29) is 18.2 Å². The molecule has 2 aromatic rings. The second kappa shape index (κ2) is 7.21. The maximum absolute atomic E-state index is 12.6. The summed E-state index contributed by atoms with van der Waals surface area (Å²) >= 11 is 0. The fourth-order valence-corrected chi connectivity index (χ4v) is 3.15. The van der Waals surface area contributed by atoms with E-state index >= 15 is 0 Å². The molecule has 1 amide bonds. The number of rotatable bonds is 6. The minimum absolute atomic E-state index is 0.106.